The van der Waals surface area contributed by atoms with Crippen molar-refractivity contribution in [3.63, 3.8) is 0 Å². The van der Waals surface area contributed by atoms with Crippen molar-refractivity contribution in [1.82, 2.24) is 35.1 Å². The number of nitrogens with one attached hydrogen (secondary N) is 2. The summed E-state index contributed by atoms with van der Waals surface area (Å²) in [5.74, 6) is 3.61. The summed E-state index contributed by atoms with van der Waals surface area (Å²) in [5, 5.41) is 5.70. The Labute approximate surface area is 406 Å². The molecule has 0 aliphatic carbocycles. The number of aromatic nitrogens is 2. The van der Waals surface area contributed by atoms with Crippen LogP contribution in [0.4, 0.5) is 0 Å². The highest BCUT2D eigenvalue weighted by molar-refractivity contribution is 5.96. The second-order valence-electron chi connectivity index (χ2n) is 20.2. The molecular weight excluding hydrogens is 875 g/mol. The number of rotatable bonds is 10. The summed E-state index contributed by atoms with van der Waals surface area (Å²) in [6.45, 7) is 15.9. The summed E-state index contributed by atoms with van der Waals surface area (Å²) in [6.07, 6.45) is 3.73. The molecule has 4 aliphatic rings. The van der Waals surface area contributed by atoms with Gasteiger partial charge in [-0.15, -0.1) is 0 Å². The molecule has 0 radical (unpaired) electrons. The highest BCUT2D eigenvalue weighted by Gasteiger charge is 2.38. The van der Waals surface area contributed by atoms with E-state index in [1.165, 1.54) is 5.01 Å². The van der Waals surface area contributed by atoms with Crippen molar-refractivity contribution in [2.45, 2.75) is 111 Å². The van der Waals surface area contributed by atoms with Gasteiger partial charge in [-0.2, -0.15) is 0 Å². The number of pyridine rings is 1. The minimum absolute atomic E-state index is 0.116. The summed E-state index contributed by atoms with van der Waals surface area (Å²) in [7, 11) is 3.62. The summed E-state index contributed by atoms with van der Waals surface area (Å²) in [5.41, 5.74) is 10.7. The Balaban J connectivity index is 1.08. The number of aryl methyl sites for hydroxylation is 1. The third-order valence-corrected chi connectivity index (χ3v) is 14.1. The Morgan fingerprint density at radius 3 is 2.58 bits per heavy atom. The van der Waals surface area contributed by atoms with Crippen LogP contribution in [0.1, 0.15) is 83.7 Å². The second kappa shape index (κ2) is 21.6. The molecule has 15 heteroatoms. The molecule has 8 rings (SSSR count). The fraction of sp³-hybridized carbons (Fsp3) is 0.537. The maximum absolute atomic E-state index is 14.7. The Kier molecular flexibility index (Phi) is 15.6. The number of hydrazine groups is 1. The number of likely N-dealkylation sites (tertiary alicyclic amines) is 1. The summed E-state index contributed by atoms with van der Waals surface area (Å²) >= 11 is 0. The Hall–Kier alpha value is -5.63. The first-order valence-corrected chi connectivity index (χ1v) is 24.7. The lowest BCUT2D eigenvalue weighted by Crippen LogP contribution is -2.61. The highest BCUT2D eigenvalue weighted by Crippen LogP contribution is 2.42. The smallest absolute Gasteiger partial charge is 0.324 e. The summed E-state index contributed by atoms with van der Waals surface area (Å²) in [4.78, 5) is 64.2. The van der Waals surface area contributed by atoms with E-state index in [1.807, 2.05) is 50.9 Å². The molecule has 2 aromatic heterocycles. The maximum atomic E-state index is 14.7. The predicted octanol–water partition coefficient (Wildman–Crippen LogP) is 5.93. The standard InChI is InChI=1S/C54H69N7O8/c1-9-60-46-19-18-38-28-41(46)42(50(60)40-16-11-22-55-49(40)35(4)66-8)29-54(5,6)33-69-53(65)44-17-12-24-61(57-44)52(64)45(27-36-14-10-15-37(38)26-36)56-51(63)43(34(2)3)32-68-39-30-59(31-39)47(62)20-21-48-58(7)23-13-25-67-48/h10-11,14-16,18-19,22,26,28,34-35,39,43-45,48,57H,9,12-13,17,23-25,27,29-33H2,1-8H3,(H,56,63)/t35-,43-,44-,45-,48-/m0/s1. The van der Waals surface area contributed by atoms with Gasteiger partial charge in [0.05, 0.1) is 49.3 Å². The number of hydrogen-bond donors (Lipinski definition) is 2. The SMILES string of the molecule is CCn1c(-c2cccnc2[C@H](C)OC)c2c3cc(ccc31)-c1cccc(c1)C[C@H](NC(=O)[C@@H](COC1CN(C(=O)C#C[C@@H]3OCCCN3C)C1)C(C)C)C(=O)N1CCC[C@H](N1)C(=O)OCC(C)(C)C2. The van der Waals surface area contributed by atoms with Crippen LogP contribution in [0.25, 0.3) is 33.3 Å². The number of amides is 3. The number of carbonyl (C=O) groups is 4. The number of hydrogen-bond acceptors (Lipinski definition) is 11. The van der Waals surface area contributed by atoms with Crippen molar-refractivity contribution < 1.29 is 38.1 Å². The van der Waals surface area contributed by atoms with E-state index in [9.17, 15) is 19.2 Å². The fourth-order valence-corrected chi connectivity index (χ4v) is 9.89. The van der Waals surface area contributed by atoms with Crippen LogP contribution in [0.3, 0.4) is 0 Å². The molecule has 3 amide bonds. The van der Waals surface area contributed by atoms with Gasteiger partial charge in [0.25, 0.3) is 11.8 Å². The van der Waals surface area contributed by atoms with Crippen LogP contribution in [0.2, 0.25) is 0 Å². The van der Waals surface area contributed by atoms with Crippen molar-refractivity contribution >= 4 is 34.6 Å². The molecule has 69 heavy (non-hydrogen) atoms. The van der Waals surface area contributed by atoms with E-state index in [0.29, 0.717) is 52.0 Å². The maximum Gasteiger partial charge on any atom is 0.324 e. The van der Waals surface area contributed by atoms with Crippen LogP contribution in [0, 0.1) is 29.1 Å². The third-order valence-electron chi connectivity index (χ3n) is 14.1. The molecule has 368 valence electrons. The van der Waals surface area contributed by atoms with Gasteiger partial charge >= 0.3 is 5.97 Å². The Morgan fingerprint density at radius 2 is 1.83 bits per heavy atom. The lowest BCUT2D eigenvalue weighted by atomic mass is 9.84. The molecule has 0 saturated carbocycles. The summed E-state index contributed by atoms with van der Waals surface area (Å²) < 4.78 is 26.2. The van der Waals surface area contributed by atoms with E-state index >= 15 is 0 Å². The van der Waals surface area contributed by atoms with Crippen LogP contribution in [-0.4, -0.2) is 133 Å². The molecular formula is C54H69N7O8. The number of methoxy groups -OCH3 is 1. The van der Waals surface area contributed by atoms with Crippen molar-refractivity contribution in [2.75, 3.05) is 60.2 Å². The zero-order valence-corrected chi connectivity index (χ0v) is 41.5. The molecule has 4 aliphatic heterocycles. The number of fused-ring (bicyclic) bond motifs is 6. The van der Waals surface area contributed by atoms with E-state index in [-0.39, 0.29) is 55.5 Å². The molecule has 15 nitrogen and oxygen atoms in total. The number of cyclic esters (lactones) is 1. The molecule has 0 unspecified atom stereocenters. The van der Waals surface area contributed by atoms with E-state index in [1.54, 1.807) is 18.2 Å². The topological polar surface area (TPSA) is 157 Å². The van der Waals surface area contributed by atoms with Gasteiger partial charge in [-0.25, -0.2) is 5.43 Å². The van der Waals surface area contributed by atoms with Crippen molar-refractivity contribution in [1.29, 1.82) is 0 Å². The molecule has 2 aromatic carbocycles. The quantitative estimate of drug-likeness (QED) is 0.144. The lowest BCUT2D eigenvalue weighted by Gasteiger charge is -2.38. The van der Waals surface area contributed by atoms with Crippen LogP contribution >= 0.6 is 0 Å². The zero-order valence-electron chi connectivity index (χ0n) is 41.5. The van der Waals surface area contributed by atoms with Gasteiger partial charge in [0.2, 0.25) is 5.91 Å². The number of esters is 1. The van der Waals surface area contributed by atoms with Gasteiger partial charge in [-0.3, -0.25) is 34.1 Å². The molecule has 0 spiro atoms. The van der Waals surface area contributed by atoms with Gasteiger partial charge in [-0.05, 0) is 111 Å². The first-order valence-electron chi connectivity index (χ1n) is 24.7. The Bertz CT molecular complexity index is 2590. The normalized spacial score (nSPS) is 22.2. The molecule has 2 N–H and O–H groups in total. The molecule has 3 fully saturated rings. The minimum atomic E-state index is -0.963. The van der Waals surface area contributed by atoms with Crippen LogP contribution in [0.5, 0.6) is 0 Å². The fourth-order valence-electron chi connectivity index (χ4n) is 9.89. The van der Waals surface area contributed by atoms with Gasteiger partial charge in [0.15, 0.2) is 6.23 Å². The van der Waals surface area contributed by atoms with E-state index in [0.717, 1.165) is 63.1 Å². The van der Waals surface area contributed by atoms with Crippen molar-refractivity contribution in [2.24, 2.45) is 17.3 Å². The van der Waals surface area contributed by atoms with Crippen LogP contribution < -0.4 is 10.7 Å². The molecule has 3 saturated heterocycles. The highest BCUT2D eigenvalue weighted by atomic mass is 16.5. The molecule has 5 atom stereocenters. The molecule has 6 heterocycles. The number of benzene rings is 2. The average molecular weight is 944 g/mol. The lowest BCUT2D eigenvalue weighted by molar-refractivity contribution is -0.155. The number of carbonyl (C=O) groups excluding carboxylic acids is 4. The Morgan fingerprint density at radius 1 is 1.03 bits per heavy atom. The van der Waals surface area contributed by atoms with Crippen molar-refractivity contribution in [3.05, 3.63) is 77.6 Å². The van der Waals surface area contributed by atoms with Gasteiger partial charge in [0.1, 0.15) is 12.1 Å². The molecule has 6 bridgehead atoms. The van der Waals surface area contributed by atoms with Crippen molar-refractivity contribution in [3.8, 4) is 34.2 Å². The zero-order chi connectivity index (χ0) is 49.0. The monoisotopic (exact) mass is 944 g/mol. The van der Waals surface area contributed by atoms with Crippen LogP contribution in [-0.2, 0) is 57.5 Å². The first-order chi connectivity index (χ1) is 33.1. The third kappa shape index (κ3) is 11.2. The van der Waals surface area contributed by atoms with Crippen LogP contribution in [0.15, 0.2) is 60.8 Å². The second-order valence-corrected chi connectivity index (χ2v) is 20.2. The van der Waals surface area contributed by atoms with Gasteiger partial charge in [0, 0.05) is 74.3 Å². The number of nitrogens with zero attached hydrogens (tertiary/aromatic N) is 5. The van der Waals surface area contributed by atoms with E-state index in [2.05, 4.69) is 84.3 Å². The van der Waals surface area contributed by atoms with Gasteiger partial charge in [-0.1, -0.05) is 58.0 Å². The van der Waals surface area contributed by atoms with E-state index in [4.69, 9.17) is 23.9 Å². The molecule has 4 aromatic rings. The first kappa shape index (κ1) is 49.8. The number of ether oxygens (including phenoxy) is 4. The van der Waals surface area contributed by atoms with Gasteiger partial charge < -0.3 is 33.7 Å². The largest absolute Gasteiger partial charge is 0.464 e. The minimum Gasteiger partial charge on any atom is -0.464 e. The summed E-state index contributed by atoms with van der Waals surface area (Å²) in [6, 6.07) is 17.1. The predicted molar refractivity (Wildman–Crippen MR) is 263 cm³/mol. The van der Waals surface area contributed by atoms with E-state index < -0.39 is 35.6 Å². The average Bonchev–Trinajstić information content (AvgIpc) is 3.63.